The van der Waals surface area contributed by atoms with Gasteiger partial charge in [0.2, 0.25) is 5.95 Å². The third-order valence-corrected chi connectivity index (χ3v) is 5.57. The summed E-state index contributed by atoms with van der Waals surface area (Å²) in [5.74, 6) is 1.81. The maximum Gasteiger partial charge on any atom is 0.229 e. The molecule has 0 unspecified atom stereocenters. The zero-order valence-corrected chi connectivity index (χ0v) is 16.0. The lowest BCUT2D eigenvalue weighted by Gasteiger charge is -2.29. The molecule has 5 rings (SSSR count). The number of nitrogens with one attached hydrogen (secondary N) is 1. The number of aromatic nitrogens is 2. The maximum absolute atomic E-state index is 4.97. The number of rotatable bonds is 4. The van der Waals surface area contributed by atoms with Gasteiger partial charge in [0.1, 0.15) is 5.82 Å². The van der Waals surface area contributed by atoms with Crippen LogP contribution in [0.5, 0.6) is 0 Å². The molecule has 0 amide bonds. The van der Waals surface area contributed by atoms with E-state index in [1.165, 1.54) is 30.5 Å². The first-order valence-electron chi connectivity index (χ1n) is 10.1. The van der Waals surface area contributed by atoms with Crippen molar-refractivity contribution in [3.05, 3.63) is 71.9 Å². The highest BCUT2D eigenvalue weighted by atomic mass is 15.3. The van der Waals surface area contributed by atoms with Crippen LogP contribution < -0.4 is 15.1 Å². The van der Waals surface area contributed by atoms with E-state index in [9.17, 15) is 0 Å². The first-order valence-corrected chi connectivity index (χ1v) is 10.1. The highest BCUT2D eigenvalue weighted by Crippen LogP contribution is 2.34. The lowest BCUT2D eigenvalue weighted by Crippen LogP contribution is -2.31. The van der Waals surface area contributed by atoms with Crippen molar-refractivity contribution in [1.29, 1.82) is 0 Å². The average molecular weight is 371 g/mol. The molecule has 2 aliphatic heterocycles. The van der Waals surface area contributed by atoms with Crippen LogP contribution >= 0.6 is 0 Å². The molecule has 1 aromatic heterocycles. The molecule has 1 N–H and O–H groups in total. The van der Waals surface area contributed by atoms with Gasteiger partial charge in [-0.25, -0.2) is 4.98 Å². The van der Waals surface area contributed by atoms with Crippen LogP contribution in [0, 0.1) is 0 Å². The molecule has 0 bridgehead atoms. The van der Waals surface area contributed by atoms with Gasteiger partial charge in [0, 0.05) is 36.6 Å². The minimum Gasteiger partial charge on any atom is -0.361 e. The molecule has 0 radical (unpaired) electrons. The Balaban J connectivity index is 1.50. The van der Waals surface area contributed by atoms with E-state index in [0.717, 1.165) is 43.4 Å². The van der Waals surface area contributed by atoms with Crippen molar-refractivity contribution < 1.29 is 0 Å². The lowest BCUT2D eigenvalue weighted by molar-refractivity contribution is 0.571. The van der Waals surface area contributed by atoms with Crippen molar-refractivity contribution in [2.45, 2.75) is 32.4 Å². The standard InChI is InChI=1S/C23H25N5/c1-4-10-18(11-5-1)24-23-25-21-17-28(19-12-6-2-7-13-19)16-20(21)22(26-23)27-14-8-3-9-15-27/h1-2,4-7,10-13H,3,8-9,14-17H2,(H,24,25,26). The highest BCUT2D eigenvalue weighted by molar-refractivity contribution is 5.62. The summed E-state index contributed by atoms with van der Waals surface area (Å²) < 4.78 is 0. The summed E-state index contributed by atoms with van der Waals surface area (Å²) in [6, 6.07) is 20.8. The number of anilines is 4. The minimum absolute atomic E-state index is 0.695. The molecule has 0 spiro atoms. The largest absolute Gasteiger partial charge is 0.361 e. The molecular weight excluding hydrogens is 346 g/mol. The van der Waals surface area contributed by atoms with Crippen LogP contribution in [0.1, 0.15) is 30.5 Å². The molecule has 5 nitrogen and oxygen atoms in total. The number of hydrogen-bond acceptors (Lipinski definition) is 5. The fourth-order valence-corrected chi connectivity index (χ4v) is 4.13. The molecular formula is C23H25N5. The van der Waals surface area contributed by atoms with E-state index >= 15 is 0 Å². The van der Waals surface area contributed by atoms with Gasteiger partial charge in [0.15, 0.2) is 0 Å². The summed E-state index contributed by atoms with van der Waals surface area (Å²) in [6.45, 7) is 3.86. The Labute approximate surface area is 166 Å². The Hall–Kier alpha value is -3.08. The number of piperidine rings is 1. The van der Waals surface area contributed by atoms with Gasteiger partial charge < -0.3 is 15.1 Å². The Morgan fingerprint density at radius 3 is 2.18 bits per heavy atom. The normalized spacial score (nSPS) is 16.1. The van der Waals surface area contributed by atoms with E-state index in [0.29, 0.717) is 5.95 Å². The fraction of sp³-hybridized carbons (Fsp3) is 0.304. The predicted octanol–water partition coefficient (Wildman–Crippen LogP) is 4.73. The zero-order valence-electron chi connectivity index (χ0n) is 16.0. The van der Waals surface area contributed by atoms with Crippen LogP contribution in [0.4, 0.5) is 23.1 Å². The van der Waals surface area contributed by atoms with Gasteiger partial charge in [0.05, 0.1) is 12.2 Å². The van der Waals surface area contributed by atoms with Crippen LogP contribution in [0.15, 0.2) is 60.7 Å². The Bertz CT molecular complexity index is 936. The molecule has 0 aliphatic carbocycles. The molecule has 3 aromatic rings. The zero-order chi connectivity index (χ0) is 18.8. The van der Waals surface area contributed by atoms with Crippen LogP contribution in [0.2, 0.25) is 0 Å². The Morgan fingerprint density at radius 1 is 0.714 bits per heavy atom. The number of nitrogens with zero attached hydrogens (tertiary/aromatic N) is 4. The van der Waals surface area contributed by atoms with Crippen molar-refractivity contribution in [3.63, 3.8) is 0 Å². The van der Waals surface area contributed by atoms with Crippen LogP contribution in [-0.4, -0.2) is 23.1 Å². The van der Waals surface area contributed by atoms with E-state index in [2.05, 4.69) is 45.4 Å². The molecule has 0 atom stereocenters. The van der Waals surface area contributed by atoms with Gasteiger partial charge in [-0.3, -0.25) is 0 Å². The lowest BCUT2D eigenvalue weighted by atomic mass is 10.1. The Morgan fingerprint density at radius 2 is 1.43 bits per heavy atom. The molecule has 142 valence electrons. The number of benzene rings is 2. The van der Waals surface area contributed by atoms with E-state index in [1.54, 1.807) is 0 Å². The predicted molar refractivity (Wildman–Crippen MR) is 114 cm³/mol. The smallest absolute Gasteiger partial charge is 0.229 e. The van der Waals surface area contributed by atoms with Crippen molar-refractivity contribution in [1.82, 2.24) is 9.97 Å². The maximum atomic E-state index is 4.97. The highest BCUT2D eigenvalue weighted by Gasteiger charge is 2.28. The summed E-state index contributed by atoms with van der Waals surface area (Å²) >= 11 is 0. The van der Waals surface area contributed by atoms with Gasteiger partial charge in [-0.2, -0.15) is 4.98 Å². The SMILES string of the molecule is c1ccc(Nc2nc3c(c(N4CCCCC4)n2)CN(c2ccccc2)C3)cc1. The van der Waals surface area contributed by atoms with Gasteiger partial charge in [0.25, 0.3) is 0 Å². The molecule has 2 aliphatic rings. The van der Waals surface area contributed by atoms with Crippen LogP contribution in [0.3, 0.4) is 0 Å². The molecule has 1 saturated heterocycles. The minimum atomic E-state index is 0.695. The monoisotopic (exact) mass is 371 g/mol. The van der Waals surface area contributed by atoms with Crippen LogP contribution in [-0.2, 0) is 13.1 Å². The summed E-state index contributed by atoms with van der Waals surface area (Å²) in [7, 11) is 0. The molecule has 3 heterocycles. The van der Waals surface area contributed by atoms with Crippen molar-refractivity contribution in [3.8, 4) is 0 Å². The van der Waals surface area contributed by atoms with E-state index < -0.39 is 0 Å². The third kappa shape index (κ3) is 3.40. The molecule has 0 saturated carbocycles. The van der Waals surface area contributed by atoms with E-state index in [1.807, 2.05) is 30.3 Å². The second-order valence-corrected chi connectivity index (χ2v) is 7.53. The first-order chi connectivity index (χ1) is 13.9. The summed E-state index contributed by atoms with van der Waals surface area (Å²) in [5, 5.41) is 3.40. The molecule has 28 heavy (non-hydrogen) atoms. The third-order valence-electron chi connectivity index (χ3n) is 5.57. The fourth-order valence-electron chi connectivity index (χ4n) is 4.13. The summed E-state index contributed by atoms with van der Waals surface area (Å²) in [4.78, 5) is 14.7. The molecule has 2 aromatic carbocycles. The summed E-state index contributed by atoms with van der Waals surface area (Å²) in [5.41, 5.74) is 4.68. The van der Waals surface area contributed by atoms with Crippen LogP contribution in [0.25, 0.3) is 0 Å². The van der Waals surface area contributed by atoms with Crippen molar-refractivity contribution in [2.75, 3.05) is 28.2 Å². The Kier molecular flexibility index (Phi) is 4.57. The quantitative estimate of drug-likeness (QED) is 0.718. The van der Waals surface area contributed by atoms with E-state index in [4.69, 9.17) is 9.97 Å². The van der Waals surface area contributed by atoms with Gasteiger partial charge >= 0.3 is 0 Å². The number of hydrogen-bond donors (Lipinski definition) is 1. The van der Waals surface area contributed by atoms with Gasteiger partial charge in [-0.05, 0) is 43.5 Å². The second kappa shape index (κ2) is 7.50. The first kappa shape index (κ1) is 17.0. The van der Waals surface area contributed by atoms with Gasteiger partial charge in [-0.1, -0.05) is 36.4 Å². The van der Waals surface area contributed by atoms with E-state index in [-0.39, 0.29) is 0 Å². The molecule has 5 heteroatoms. The average Bonchev–Trinajstić information content (AvgIpc) is 3.19. The summed E-state index contributed by atoms with van der Waals surface area (Å²) in [6.07, 6.45) is 3.79. The molecule has 1 fully saturated rings. The van der Waals surface area contributed by atoms with Gasteiger partial charge in [-0.15, -0.1) is 0 Å². The number of fused-ring (bicyclic) bond motifs is 1. The van der Waals surface area contributed by atoms with Crippen molar-refractivity contribution in [2.24, 2.45) is 0 Å². The second-order valence-electron chi connectivity index (χ2n) is 7.53. The topological polar surface area (TPSA) is 44.3 Å². The number of para-hydroxylation sites is 2. The van der Waals surface area contributed by atoms with Crippen molar-refractivity contribution >= 4 is 23.1 Å².